The van der Waals surface area contributed by atoms with Crippen LogP contribution in [0.15, 0.2) is 48.9 Å². The molecule has 2 aromatic heterocycles. The van der Waals surface area contributed by atoms with Crippen LogP contribution in [0.3, 0.4) is 0 Å². The maximum Gasteiger partial charge on any atom is 0.234 e. The van der Waals surface area contributed by atoms with E-state index in [1.165, 1.54) is 0 Å². The lowest BCUT2D eigenvalue weighted by molar-refractivity contribution is 0.302. The van der Waals surface area contributed by atoms with E-state index in [9.17, 15) is 0 Å². The van der Waals surface area contributed by atoms with Gasteiger partial charge in [-0.15, -0.1) is 0 Å². The number of nitrogens with zero attached hydrogens (tertiary/aromatic N) is 3. The minimum atomic E-state index is 0.410. The molecule has 3 rings (SSSR count). The van der Waals surface area contributed by atoms with E-state index in [0.29, 0.717) is 12.4 Å². The number of ether oxygens (including phenoxy) is 1. The van der Waals surface area contributed by atoms with Gasteiger partial charge in [0.15, 0.2) is 0 Å². The Kier molecular flexibility index (Phi) is 2.57. The Labute approximate surface area is 104 Å². The third-order valence-electron chi connectivity index (χ3n) is 2.55. The Balaban J connectivity index is 1.74. The van der Waals surface area contributed by atoms with Crippen LogP contribution in [0.5, 0.6) is 5.75 Å². The second-order valence-corrected chi connectivity index (χ2v) is 3.92. The fourth-order valence-corrected chi connectivity index (χ4v) is 1.67. The highest BCUT2D eigenvalue weighted by atomic mass is 16.5. The number of nitrogen functional groups attached to an aromatic ring is 1. The molecule has 5 heteroatoms. The number of anilines is 1. The van der Waals surface area contributed by atoms with Crippen molar-refractivity contribution in [3.05, 3.63) is 54.6 Å². The minimum Gasteiger partial charge on any atom is -0.487 e. The molecule has 0 aliphatic carbocycles. The molecule has 90 valence electrons. The molecule has 0 aliphatic heterocycles. The van der Waals surface area contributed by atoms with Gasteiger partial charge in [0.25, 0.3) is 0 Å². The summed E-state index contributed by atoms with van der Waals surface area (Å²) in [7, 11) is 0. The molecule has 5 nitrogen and oxygen atoms in total. The van der Waals surface area contributed by atoms with Crippen molar-refractivity contribution in [2.24, 2.45) is 0 Å². The molecule has 2 N–H and O–H groups in total. The maximum absolute atomic E-state index is 5.62. The lowest BCUT2D eigenvalue weighted by atomic mass is 10.3. The van der Waals surface area contributed by atoms with Crippen molar-refractivity contribution in [2.75, 3.05) is 5.73 Å². The van der Waals surface area contributed by atoms with Gasteiger partial charge in [0.1, 0.15) is 12.4 Å². The number of aromatic nitrogens is 3. The molecule has 0 bridgehead atoms. The molecule has 0 spiro atoms. The van der Waals surface area contributed by atoms with Crippen LogP contribution in [-0.4, -0.2) is 14.4 Å². The topological polar surface area (TPSA) is 65.4 Å². The monoisotopic (exact) mass is 240 g/mol. The van der Waals surface area contributed by atoms with Crippen molar-refractivity contribution in [3.8, 4) is 5.75 Å². The predicted octanol–water partition coefficient (Wildman–Crippen LogP) is 1.89. The van der Waals surface area contributed by atoms with Crippen molar-refractivity contribution >= 4 is 11.5 Å². The summed E-state index contributed by atoms with van der Waals surface area (Å²) in [5.41, 5.74) is 7.17. The van der Waals surface area contributed by atoms with Crippen LogP contribution in [0.4, 0.5) is 5.69 Å². The number of nitrogens with two attached hydrogens (primary N) is 1. The van der Waals surface area contributed by atoms with Crippen LogP contribution in [0.25, 0.3) is 5.78 Å². The molecule has 0 amide bonds. The van der Waals surface area contributed by atoms with Gasteiger partial charge in [0.05, 0.1) is 5.69 Å². The number of rotatable bonds is 3. The van der Waals surface area contributed by atoms with Crippen LogP contribution in [0.1, 0.15) is 5.69 Å². The van der Waals surface area contributed by atoms with Gasteiger partial charge in [-0.05, 0) is 30.3 Å². The van der Waals surface area contributed by atoms with E-state index < -0.39 is 0 Å². The second kappa shape index (κ2) is 4.37. The quantitative estimate of drug-likeness (QED) is 0.710. The molecule has 0 saturated heterocycles. The van der Waals surface area contributed by atoms with E-state index in [2.05, 4.69) is 9.97 Å². The summed E-state index contributed by atoms with van der Waals surface area (Å²) in [6.45, 7) is 0.410. The van der Waals surface area contributed by atoms with Crippen molar-refractivity contribution in [2.45, 2.75) is 6.61 Å². The normalized spacial score (nSPS) is 10.7. The van der Waals surface area contributed by atoms with Gasteiger partial charge < -0.3 is 10.5 Å². The highest BCUT2D eigenvalue weighted by molar-refractivity contribution is 5.41. The molecule has 0 aliphatic rings. The first-order valence-corrected chi connectivity index (χ1v) is 5.58. The highest BCUT2D eigenvalue weighted by Gasteiger charge is 2.02. The number of hydrogen-bond acceptors (Lipinski definition) is 4. The first-order chi connectivity index (χ1) is 8.81. The molecule has 0 fully saturated rings. The van der Waals surface area contributed by atoms with E-state index in [4.69, 9.17) is 10.5 Å². The molecule has 3 aromatic rings. The molecular weight excluding hydrogens is 228 g/mol. The molecule has 0 unspecified atom stereocenters. The van der Waals surface area contributed by atoms with Crippen LogP contribution in [0.2, 0.25) is 0 Å². The standard InChI is InChI=1S/C13H12N4O/c14-10-2-4-12(5-3-10)18-9-11-8-17-7-1-6-15-13(17)16-11/h1-8H,9,14H2. The Hall–Kier alpha value is -2.56. The molecular formula is C13H12N4O. The van der Waals surface area contributed by atoms with Crippen molar-refractivity contribution in [1.29, 1.82) is 0 Å². The maximum atomic E-state index is 5.62. The van der Waals surface area contributed by atoms with E-state index in [0.717, 1.165) is 17.1 Å². The largest absolute Gasteiger partial charge is 0.487 e. The van der Waals surface area contributed by atoms with Crippen molar-refractivity contribution in [3.63, 3.8) is 0 Å². The Bertz CT molecular complexity index is 627. The second-order valence-electron chi connectivity index (χ2n) is 3.92. The molecule has 2 heterocycles. The van der Waals surface area contributed by atoms with E-state index in [1.54, 1.807) is 18.3 Å². The number of imidazole rings is 1. The lowest BCUT2D eigenvalue weighted by Crippen LogP contribution is -1.95. The fourth-order valence-electron chi connectivity index (χ4n) is 1.67. The summed E-state index contributed by atoms with van der Waals surface area (Å²) >= 11 is 0. The van der Waals surface area contributed by atoms with Crippen molar-refractivity contribution in [1.82, 2.24) is 14.4 Å². The van der Waals surface area contributed by atoms with Gasteiger partial charge in [-0.3, -0.25) is 4.40 Å². The number of fused-ring (bicyclic) bond motifs is 1. The Morgan fingerprint density at radius 2 is 2.06 bits per heavy atom. The van der Waals surface area contributed by atoms with E-state index in [-0.39, 0.29) is 0 Å². The molecule has 0 saturated carbocycles. The third-order valence-corrected chi connectivity index (χ3v) is 2.55. The van der Waals surface area contributed by atoms with Crippen LogP contribution in [0, 0.1) is 0 Å². The first-order valence-electron chi connectivity index (χ1n) is 5.58. The van der Waals surface area contributed by atoms with Gasteiger partial charge in [-0.1, -0.05) is 0 Å². The SMILES string of the molecule is Nc1ccc(OCc2cn3cccnc3n2)cc1. The van der Waals surface area contributed by atoms with Crippen LogP contribution < -0.4 is 10.5 Å². The van der Waals surface area contributed by atoms with Crippen LogP contribution in [-0.2, 0) is 6.61 Å². The van der Waals surface area contributed by atoms with E-state index >= 15 is 0 Å². The average Bonchev–Trinajstić information content (AvgIpc) is 2.81. The van der Waals surface area contributed by atoms with Gasteiger partial charge in [0, 0.05) is 24.3 Å². The summed E-state index contributed by atoms with van der Waals surface area (Å²) < 4.78 is 7.48. The van der Waals surface area contributed by atoms with E-state index in [1.807, 2.05) is 35.0 Å². The highest BCUT2D eigenvalue weighted by Crippen LogP contribution is 2.14. The summed E-state index contributed by atoms with van der Waals surface area (Å²) in [5.74, 6) is 1.45. The fraction of sp³-hybridized carbons (Fsp3) is 0.0769. The number of hydrogen-bond donors (Lipinski definition) is 1. The van der Waals surface area contributed by atoms with Crippen LogP contribution >= 0.6 is 0 Å². The third kappa shape index (κ3) is 2.10. The van der Waals surface area contributed by atoms with Gasteiger partial charge in [-0.2, -0.15) is 0 Å². The molecule has 18 heavy (non-hydrogen) atoms. The van der Waals surface area contributed by atoms with Crippen molar-refractivity contribution < 1.29 is 4.74 Å². The summed E-state index contributed by atoms with van der Waals surface area (Å²) in [4.78, 5) is 8.50. The van der Waals surface area contributed by atoms with Gasteiger partial charge in [-0.25, -0.2) is 9.97 Å². The lowest BCUT2D eigenvalue weighted by Gasteiger charge is -2.03. The predicted molar refractivity (Wildman–Crippen MR) is 68.2 cm³/mol. The number of benzene rings is 1. The average molecular weight is 240 g/mol. The Morgan fingerprint density at radius 3 is 2.83 bits per heavy atom. The zero-order chi connectivity index (χ0) is 12.4. The molecule has 0 atom stereocenters. The zero-order valence-corrected chi connectivity index (χ0v) is 9.65. The zero-order valence-electron chi connectivity index (χ0n) is 9.65. The smallest absolute Gasteiger partial charge is 0.234 e. The Morgan fingerprint density at radius 1 is 1.22 bits per heavy atom. The molecule has 1 aromatic carbocycles. The van der Waals surface area contributed by atoms with Gasteiger partial charge >= 0.3 is 0 Å². The molecule has 0 radical (unpaired) electrons. The summed E-state index contributed by atoms with van der Waals surface area (Å²) in [6, 6.07) is 9.15. The first kappa shape index (κ1) is 10.6. The van der Waals surface area contributed by atoms with Gasteiger partial charge in [0.2, 0.25) is 5.78 Å². The minimum absolute atomic E-state index is 0.410. The summed E-state index contributed by atoms with van der Waals surface area (Å²) in [6.07, 6.45) is 5.52. The summed E-state index contributed by atoms with van der Waals surface area (Å²) in [5, 5.41) is 0.